The summed E-state index contributed by atoms with van der Waals surface area (Å²) in [5.41, 5.74) is 0. The van der Waals surface area contributed by atoms with Crippen molar-refractivity contribution < 1.29 is 8.42 Å². The molecule has 0 radical (unpaired) electrons. The zero-order chi connectivity index (χ0) is 13.1. The predicted molar refractivity (Wildman–Crippen MR) is 72.9 cm³/mol. The van der Waals surface area contributed by atoms with E-state index >= 15 is 0 Å². The summed E-state index contributed by atoms with van der Waals surface area (Å²) in [7, 11) is -1.77. The number of benzene rings is 1. The minimum atomic E-state index is -3.54. The molecule has 4 nitrogen and oxygen atoms in total. The molecule has 1 atom stereocenters. The van der Waals surface area contributed by atoms with E-state index in [0.29, 0.717) is 16.0 Å². The van der Waals surface area contributed by atoms with E-state index in [1.807, 2.05) is 6.92 Å². The van der Waals surface area contributed by atoms with Crippen molar-refractivity contribution in [1.82, 2.24) is 10.0 Å². The van der Waals surface area contributed by atoms with Crippen molar-refractivity contribution in [2.45, 2.75) is 17.9 Å². The summed E-state index contributed by atoms with van der Waals surface area (Å²) in [5.74, 6) is 0. The van der Waals surface area contributed by atoms with Crippen LogP contribution in [0.1, 0.15) is 6.92 Å². The molecular weight excluding hydrogens is 328 g/mol. The molecule has 0 saturated heterocycles. The molecule has 7 heteroatoms. The van der Waals surface area contributed by atoms with E-state index in [-0.39, 0.29) is 10.9 Å². The Bertz CT molecular complexity index is 493. The molecule has 0 aliphatic heterocycles. The third-order valence-electron chi connectivity index (χ3n) is 2.28. The number of rotatable bonds is 5. The molecule has 1 aromatic carbocycles. The van der Waals surface area contributed by atoms with Crippen LogP contribution >= 0.6 is 27.5 Å². The molecule has 2 N–H and O–H groups in total. The topological polar surface area (TPSA) is 58.2 Å². The van der Waals surface area contributed by atoms with E-state index < -0.39 is 10.0 Å². The number of sulfonamides is 1. The number of likely N-dealkylation sites (N-methyl/N-ethyl adjacent to an activating group) is 1. The summed E-state index contributed by atoms with van der Waals surface area (Å²) in [5, 5.41) is 3.32. The van der Waals surface area contributed by atoms with Gasteiger partial charge >= 0.3 is 0 Å². The minimum absolute atomic E-state index is 0.0581. The smallest absolute Gasteiger partial charge is 0.241 e. The largest absolute Gasteiger partial charge is 0.316 e. The van der Waals surface area contributed by atoms with E-state index in [2.05, 4.69) is 26.0 Å². The van der Waals surface area contributed by atoms with Crippen LogP contribution in [-0.4, -0.2) is 28.1 Å². The van der Waals surface area contributed by atoms with E-state index in [9.17, 15) is 8.42 Å². The summed E-state index contributed by atoms with van der Waals surface area (Å²) >= 11 is 9.03. The van der Waals surface area contributed by atoms with Gasteiger partial charge in [-0.1, -0.05) is 17.7 Å². The van der Waals surface area contributed by atoms with Crippen LogP contribution < -0.4 is 10.0 Å². The lowest BCUT2D eigenvalue weighted by Gasteiger charge is -2.13. The molecule has 0 spiro atoms. The summed E-state index contributed by atoms with van der Waals surface area (Å²) in [6, 6.07) is 4.79. The molecule has 1 unspecified atom stereocenters. The molecule has 0 aliphatic rings. The lowest BCUT2D eigenvalue weighted by atomic mass is 10.4. The maximum Gasteiger partial charge on any atom is 0.241 e. The van der Waals surface area contributed by atoms with Crippen molar-refractivity contribution in [3.05, 3.63) is 27.7 Å². The molecule has 0 fully saturated rings. The first kappa shape index (κ1) is 14.9. The first-order chi connectivity index (χ1) is 7.88. The highest BCUT2D eigenvalue weighted by molar-refractivity contribution is 9.10. The second-order valence-corrected chi connectivity index (χ2v) is 6.53. The summed E-state index contributed by atoms with van der Waals surface area (Å²) < 4.78 is 26.9. The predicted octanol–water partition coefficient (Wildman–Crippen LogP) is 1.99. The van der Waals surface area contributed by atoms with Crippen molar-refractivity contribution in [3.63, 3.8) is 0 Å². The van der Waals surface area contributed by atoms with Crippen molar-refractivity contribution in [1.29, 1.82) is 0 Å². The Hall–Kier alpha value is -0.140. The first-order valence-corrected chi connectivity index (χ1v) is 7.65. The van der Waals surface area contributed by atoms with Crippen LogP contribution in [0.4, 0.5) is 0 Å². The van der Waals surface area contributed by atoms with Gasteiger partial charge in [-0.3, -0.25) is 0 Å². The van der Waals surface area contributed by atoms with Gasteiger partial charge in [0.05, 0.1) is 14.4 Å². The average molecular weight is 342 g/mol. The van der Waals surface area contributed by atoms with Crippen molar-refractivity contribution in [2.24, 2.45) is 0 Å². The maximum absolute atomic E-state index is 12.0. The summed E-state index contributed by atoms with van der Waals surface area (Å²) in [6.07, 6.45) is 0. The Balaban J connectivity index is 2.94. The molecule has 17 heavy (non-hydrogen) atoms. The summed E-state index contributed by atoms with van der Waals surface area (Å²) in [4.78, 5) is 0.147. The van der Waals surface area contributed by atoms with E-state index in [1.165, 1.54) is 6.07 Å². The highest BCUT2D eigenvalue weighted by Crippen LogP contribution is 2.29. The SMILES string of the molecule is CNC(C)CNS(=O)(=O)c1cccc(Cl)c1Br. The Labute approximate surface area is 115 Å². The third-order valence-corrected chi connectivity index (χ3v) is 5.40. The first-order valence-electron chi connectivity index (χ1n) is 4.99. The van der Waals surface area contributed by atoms with Crippen LogP contribution in [0.25, 0.3) is 0 Å². The van der Waals surface area contributed by atoms with Crippen LogP contribution in [0.2, 0.25) is 5.02 Å². The molecule has 0 aromatic heterocycles. The van der Waals surface area contributed by atoms with Gasteiger partial charge in [0, 0.05) is 12.6 Å². The summed E-state index contributed by atoms with van der Waals surface area (Å²) in [6.45, 7) is 2.20. The van der Waals surface area contributed by atoms with Gasteiger partial charge in [0.15, 0.2) is 0 Å². The lowest BCUT2D eigenvalue weighted by Crippen LogP contribution is -2.37. The monoisotopic (exact) mass is 340 g/mol. The standard InChI is InChI=1S/C10H14BrClN2O2S/c1-7(13-2)6-14-17(15,16)9-5-3-4-8(12)10(9)11/h3-5,7,13-14H,6H2,1-2H3. The van der Waals surface area contributed by atoms with Gasteiger partial charge in [-0.15, -0.1) is 0 Å². The highest BCUT2D eigenvalue weighted by atomic mass is 79.9. The fourth-order valence-electron chi connectivity index (χ4n) is 1.11. The fraction of sp³-hybridized carbons (Fsp3) is 0.400. The van der Waals surface area contributed by atoms with Crippen LogP contribution in [0, 0.1) is 0 Å². The van der Waals surface area contributed by atoms with Crippen LogP contribution in [-0.2, 0) is 10.0 Å². The van der Waals surface area contributed by atoms with Gasteiger partial charge in [0.2, 0.25) is 10.0 Å². The van der Waals surface area contributed by atoms with Crippen molar-refractivity contribution in [2.75, 3.05) is 13.6 Å². The Morgan fingerprint density at radius 3 is 2.71 bits per heavy atom. The van der Waals surface area contributed by atoms with Crippen LogP contribution in [0.5, 0.6) is 0 Å². The zero-order valence-corrected chi connectivity index (χ0v) is 12.7. The molecule has 0 saturated carbocycles. The molecule has 1 rings (SSSR count). The molecule has 0 bridgehead atoms. The number of nitrogens with one attached hydrogen (secondary N) is 2. The van der Waals surface area contributed by atoms with Gasteiger partial charge < -0.3 is 5.32 Å². The zero-order valence-electron chi connectivity index (χ0n) is 9.50. The molecule has 0 amide bonds. The van der Waals surface area contributed by atoms with Crippen molar-refractivity contribution in [3.8, 4) is 0 Å². The Kier molecular flexibility index (Phi) is 5.40. The number of halogens is 2. The normalized spacial score (nSPS) is 13.6. The highest BCUT2D eigenvalue weighted by Gasteiger charge is 2.19. The second-order valence-electron chi connectivity index (χ2n) is 3.59. The molecule has 0 heterocycles. The number of hydrogen-bond donors (Lipinski definition) is 2. The van der Waals surface area contributed by atoms with E-state index in [4.69, 9.17) is 11.6 Å². The Morgan fingerprint density at radius 2 is 2.12 bits per heavy atom. The maximum atomic E-state index is 12.0. The molecule has 0 aliphatic carbocycles. The average Bonchev–Trinajstić information content (AvgIpc) is 2.29. The second kappa shape index (κ2) is 6.15. The lowest BCUT2D eigenvalue weighted by molar-refractivity contribution is 0.554. The third kappa shape index (κ3) is 3.93. The quantitative estimate of drug-likeness (QED) is 0.861. The molecule has 96 valence electrons. The van der Waals surface area contributed by atoms with Gasteiger partial charge in [-0.25, -0.2) is 13.1 Å². The number of hydrogen-bond acceptors (Lipinski definition) is 3. The van der Waals surface area contributed by atoms with Crippen molar-refractivity contribution >= 4 is 37.6 Å². The van der Waals surface area contributed by atoms with Gasteiger partial charge in [-0.05, 0) is 42.0 Å². The molecule has 1 aromatic rings. The van der Waals surface area contributed by atoms with Gasteiger partial charge in [0.1, 0.15) is 0 Å². The Morgan fingerprint density at radius 1 is 1.47 bits per heavy atom. The van der Waals surface area contributed by atoms with Crippen LogP contribution in [0.15, 0.2) is 27.6 Å². The van der Waals surface area contributed by atoms with Crippen LogP contribution in [0.3, 0.4) is 0 Å². The van der Waals surface area contributed by atoms with Gasteiger partial charge in [0.25, 0.3) is 0 Å². The van der Waals surface area contributed by atoms with Gasteiger partial charge in [-0.2, -0.15) is 0 Å². The fourth-order valence-corrected chi connectivity index (χ4v) is 3.47. The minimum Gasteiger partial charge on any atom is -0.316 e. The molecular formula is C10H14BrClN2O2S. The van der Waals surface area contributed by atoms with E-state index in [0.717, 1.165) is 0 Å². The van der Waals surface area contributed by atoms with E-state index in [1.54, 1.807) is 19.2 Å².